The maximum atomic E-state index is 10.5. The predicted octanol–water partition coefficient (Wildman–Crippen LogP) is 2.44. The van der Waals surface area contributed by atoms with E-state index in [4.69, 9.17) is 0 Å². The molecule has 0 atom stereocenters. The molecule has 0 aliphatic rings. The standard InChI is InChI=1S/C10H10O3/c1-12-10(11)13-8-7-9-5-3-2-4-6-9/h2-8H,1H3/b8-7+. The highest BCUT2D eigenvalue weighted by molar-refractivity contribution is 5.61. The van der Waals surface area contributed by atoms with E-state index in [2.05, 4.69) is 9.47 Å². The Morgan fingerprint density at radius 3 is 2.62 bits per heavy atom. The number of rotatable bonds is 2. The quantitative estimate of drug-likeness (QED) is 0.515. The van der Waals surface area contributed by atoms with Crippen LogP contribution in [0.2, 0.25) is 0 Å². The summed E-state index contributed by atoms with van der Waals surface area (Å²) in [6, 6.07) is 9.52. The van der Waals surface area contributed by atoms with E-state index < -0.39 is 6.16 Å². The lowest BCUT2D eigenvalue weighted by Crippen LogP contribution is -1.97. The monoisotopic (exact) mass is 178 g/mol. The molecule has 1 aromatic carbocycles. The maximum absolute atomic E-state index is 10.5. The van der Waals surface area contributed by atoms with Crippen LogP contribution in [0.4, 0.5) is 4.79 Å². The van der Waals surface area contributed by atoms with E-state index in [9.17, 15) is 4.79 Å². The zero-order valence-electron chi connectivity index (χ0n) is 7.27. The summed E-state index contributed by atoms with van der Waals surface area (Å²) in [6.07, 6.45) is 2.25. The lowest BCUT2D eigenvalue weighted by molar-refractivity contribution is 0.106. The molecule has 0 unspecified atom stereocenters. The Bertz CT molecular complexity index is 290. The SMILES string of the molecule is COC(=O)O/C=C/c1ccccc1. The molecule has 1 aromatic rings. The molecule has 0 bridgehead atoms. The van der Waals surface area contributed by atoms with E-state index >= 15 is 0 Å². The van der Waals surface area contributed by atoms with Crippen molar-refractivity contribution in [2.45, 2.75) is 0 Å². The molecule has 1 rings (SSSR count). The highest BCUT2D eigenvalue weighted by Crippen LogP contribution is 2.00. The number of carbonyl (C=O) groups is 1. The largest absolute Gasteiger partial charge is 0.512 e. The Morgan fingerprint density at radius 1 is 1.31 bits per heavy atom. The van der Waals surface area contributed by atoms with Crippen LogP contribution in [0.15, 0.2) is 36.6 Å². The Kier molecular flexibility index (Phi) is 3.57. The van der Waals surface area contributed by atoms with Crippen LogP contribution >= 0.6 is 0 Å². The van der Waals surface area contributed by atoms with Gasteiger partial charge in [-0.15, -0.1) is 0 Å². The highest BCUT2D eigenvalue weighted by Gasteiger charge is 1.93. The molecule has 0 heterocycles. The topological polar surface area (TPSA) is 35.5 Å². The first-order valence-electron chi connectivity index (χ1n) is 3.79. The zero-order valence-corrected chi connectivity index (χ0v) is 7.27. The maximum Gasteiger partial charge on any atom is 0.512 e. The fraction of sp³-hybridized carbons (Fsp3) is 0.100. The third-order valence-corrected chi connectivity index (χ3v) is 1.39. The van der Waals surface area contributed by atoms with Gasteiger partial charge in [-0.1, -0.05) is 30.3 Å². The molecule has 0 aliphatic carbocycles. The minimum Gasteiger partial charge on any atom is -0.437 e. The van der Waals surface area contributed by atoms with Gasteiger partial charge in [0.25, 0.3) is 0 Å². The summed E-state index contributed by atoms with van der Waals surface area (Å²) in [4.78, 5) is 10.5. The fourth-order valence-electron chi connectivity index (χ4n) is 0.780. The van der Waals surface area contributed by atoms with Gasteiger partial charge < -0.3 is 9.47 Å². The van der Waals surface area contributed by atoms with Crippen LogP contribution in [-0.4, -0.2) is 13.3 Å². The van der Waals surface area contributed by atoms with Gasteiger partial charge in [0.15, 0.2) is 0 Å². The van der Waals surface area contributed by atoms with Gasteiger partial charge in [0.05, 0.1) is 13.4 Å². The van der Waals surface area contributed by atoms with E-state index in [0.717, 1.165) is 5.56 Å². The van der Waals surface area contributed by atoms with Crippen LogP contribution in [0.25, 0.3) is 6.08 Å². The number of carbonyl (C=O) groups excluding carboxylic acids is 1. The Labute approximate surface area is 76.6 Å². The van der Waals surface area contributed by atoms with E-state index in [0.29, 0.717) is 0 Å². The summed E-state index contributed by atoms with van der Waals surface area (Å²) in [5.41, 5.74) is 0.964. The molecule has 0 aromatic heterocycles. The second-order valence-corrected chi connectivity index (χ2v) is 2.29. The number of methoxy groups -OCH3 is 1. The van der Waals surface area contributed by atoms with Crippen molar-refractivity contribution in [1.29, 1.82) is 0 Å². The van der Waals surface area contributed by atoms with Crippen molar-refractivity contribution in [2.75, 3.05) is 7.11 Å². The first-order valence-corrected chi connectivity index (χ1v) is 3.79. The summed E-state index contributed by atoms with van der Waals surface area (Å²) in [5, 5.41) is 0. The minimum absolute atomic E-state index is 0.716. The molecule has 0 amide bonds. The number of hydrogen-bond acceptors (Lipinski definition) is 3. The van der Waals surface area contributed by atoms with E-state index in [1.54, 1.807) is 6.08 Å². The van der Waals surface area contributed by atoms with Crippen molar-refractivity contribution in [1.82, 2.24) is 0 Å². The summed E-state index contributed by atoms with van der Waals surface area (Å²) >= 11 is 0. The fourth-order valence-corrected chi connectivity index (χ4v) is 0.780. The number of hydrogen-bond donors (Lipinski definition) is 0. The average molecular weight is 178 g/mol. The Hall–Kier alpha value is -1.77. The van der Waals surface area contributed by atoms with Gasteiger partial charge in [-0.25, -0.2) is 4.79 Å². The molecular weight excluding hydrogens is 168 g/mol. The summed E-state index contributed by atoms with van der Waals surface area (Å²) in [5.74, 6) is 0. The van der Waals surface area contributed by atoms with E-state index in [-0.39, 0.29) is 0 Å². The van der Waals surface area contributed by atoms with E-state index in [1.165, 1.54) is 13.4 Å². The third-order valence-electron chi connectivity index (χ3n) is 1.39. The van der Waals surface area contributed by atoms with Crippen molar-refractivity contribution >= 4 is 12.2 Å². The molecule has 13 heavy (non-hydrogen) atoms. The molecule has 0 N–H and O–H groups in total. The van der Waals surface area contributed by atoms with Crippen molar-refractivity contribution < 1.29 is 14.3 Å². The molecule has 0 fully saturated rings. The molecule has 68 valence electrons. The summed E-state index contributed by atoms with van der Waals surface area (Å²) in [7, 11) is 1.26. The summed E-state index contributed by atoms with van der Waals surface area (Å²) in [6.45, 7) is 0. The third kappa shape index (κ3) is 3.42. The lowest BCUT2D eigenvalue weighted by atomic mass is 10.2. The second kappa shape index (κ2) is 4.98. The molecule has 0 saturated carbocycles. The van der Waals surface area contributed by atoms with Crippen LogP contribution in [0.5, 0.6) is 0 Å². The van der Waals surface area contributed by atoms with Crippen molar-refractivity contribution in [3.8, 4) is 0 Å². The molecule has 0 aliphatic heterocycles. The molecule has 0 radical (unpaired) electrons. The smallest absolute Gasteiger partial charge is 0.437 e. The molecule has 3 nitrogen and oxygen atoms in total. The minimum atomic E-state index is -0.716. The summed E-state index contributed by atoms with van der Waals surface area (Å²) < 4.78 is 8.83. The van der Waals surface area contributed by atoms with Crippen LogP contribution in [-0.2, 0) is 9.47 Å². The predicted molar refractivity (Wildman–Crippen MR) is 49.0 cm³/mol. The van der Waals surface area contributed by atoms with Gasteiger partial charge >= 0.3 is 6.16 Å². The van der Waals surface area contributed by atoms with Crippen LogP contribution in [0.3, 0.4) is 0 Å². The van der Waals surface area contributed by atoms with Gasteiger partial charge in [0, 0.05) is 0 Å². The van der Waals surface area contributed by atoms with Crippen molar-refractivity contribution in [3.05, 3.63) is 42.2 Å². The molecule has 0 saturated heterocycles. The molecule has 3 heteroatoms. The lowest BCUT2D eigenvalue weighted by Gasteiger charge is -1.94. The first-order chi connectivity index (χ1) is 6.33. The van der Waals surface area contributed by atoms with Crippen LogP contribution in [0, 0.1) is 0 Å². The second-order valence-electron chi connectivity index (χ2n) is 2.29. The molecular formula is C10H10O3. The van der Waals surface area contributed by atoms with Crippen LogP contribution in [0.1, 0.15) is 5.56 Å². The average Bonchev–Trinajstić information content (AvgIpc) is 2.19. The van der Waals surface area contributed by atoms with Gasteiger partial charge in [0.2, 0.25) is 0 Å². The van der Waals surface area contributed by atoms with Crippen LogP contribution < -0.4 is 0 Å². The van der Waals surface area contributed by atoms with Gasteiger partial charge in [-0.05, 0) is 11.6 Å². The first kappa shape index (κ1) is 9.32. The van der Waals surface area contributed by atoms with Gasteiger partial charge in [-0.3, -0.25) is 0 Å². The zero-order chi connectivity index (χ0) is 9.52. The van der Waals surface area contributed by atoms with Gasteiger partial charge in [-0.2, -0.15) is 0 Å². The van der Waals surface area contributed by atoms with E-state index in [1.807, 2.05) is 30.3 Å². The molecule has 0 spiro atoms. The Balaban J connectivity index is 2.45. The van der Waals surface area contributed by atoms with Gasteiger partial charge in [0.1, 0.15) is 0 Å². The normalized spacial score (nSPS) is 9.92. The number of ether oxygens (including phenoxy) is 2. The van der Waals surface area contributed by atoms with Crippen molar-refractivity contribution in [3.63, 3.8) is 0 Å². The Morgan fingerprint density at radius 2 is 2.00 bits per heavy atom. The van der Waals surface area contributed by atoms with Crippen molar-refractivity contribution in [2.24, 2.45) is 0 Å². The number of benzene rings is 1. The highest BCUT2D eigenvalue weighted by atomic mass is 16.7.